The summed E-state index contributed by atoms with van der Waals surface area (Å²) in [6.07, 6.45) is 8.14. The van der Waals surface area contributed by atoms with E-state index in [-0.39, 0.29) is 0 Å². The lowest BCUT2D eigenvalue weighted by Gasteiger charge is -2.27. The van der Waals surface area contributed by atoms with Gasteiger partial charge in [0.2, 0.25) is 6.26 Å². The highest BCUT2D eigenvalue weighted by atomic mass is 16.7. The molecule has 2 nitrogen and oxygen atoms in total. The van der Waals surface area contributed by atoms with Gasteiger partial charge < -0.3 is 9.47 Å². The number of rotatable bonds is 5. The summed E-state index contributed by atoms with van der Waals surface area (Å²) in [7, 11) is 0. The quantitative estimate of drug-likeness (QED) is 0.752. The van der Waals surface area contributed by atoms with Crippen molar-refractivity contribution >= 4 is 0 Å². The third kappa shape index (κ3) is 2.57. The molecule has 1 atom stereocenters. The Bertz CT molecular complexity index is 335. The molecule has 1 aliphatic rings. The van der Waals surface area contributed by atoms with Crippen molar-refractivity contribution in [1.82, 2.24) is 0 Å². The molecule has 16 heavy (non-hydrogen) atoms. The molecule has 85 valence electrons. The van der Waals surface area contributed by atoms with Crippen LogP contribution in [0.25, 0.3) is 0 Å². The van der Waals surface area contributed by atoms with E-state index in [4.69, 9.17) is 9.47 Å². The van der Waals surface area contributed by atoms with Gasteiger partial charge in [0.15, 0.2) is 0 Å². The van der Waals surface area contributed by atoms with Gasteiger partial charge in [-0.05, 0) is 12.0 Å². The zero-order valence-corrected chi connectivity index (χ0v) is 9.61. The minimum atomic E-state index is -0.517. The summed E-state index contributed by atoms with van der Waals surface area (Å²) in [5.74, 6) is -0.517. The van der Waals surface area contributed by atoms with Gasteiger partial charge in [-0.2, -0.15) is 0 Å². The van der Waals surface area contributed by atoms with Gasteiger partial charge >= 0.3 is 0 Å². The Balaban J connectivity index is 2.03. The van der Waals surface area contributed by atoms with Crippen LogP contribution in [0.15, 0.2) is 36.6 Å². The van der Waals surface area contributed by atoms with E-state index < -0.39 is 5.79 Å². The van der Waals surface area contributed by atoms with Crippen molar-refractivity contribution in [2.45, 2.75) is 38.4 Å². The molecule has 1 aliphatic heterocycles. The van der Waals surface area contributed by atoms with Crippen LogP contribution in [0.4, 0.5) is 0 Å². The Kier molecular flexibility index (Phi) is 3.50. The predicted octanol–water partition coefficient (Wildman–Crippen LogP) is 3.44. The summed E-state index contributed by atoms with van der Waals surface area (Å²) in [6.45, 7) is 2.17. The van der Waals surface area contributed by atoms with Crippen LogP contribution in [0.1, 0.15) is 31.7 Å². The second-order valence-corrected chi connectivity index (χ2v) is 4.13. The minimum Gasteiger partial charge on any atom is -0.456 e. The predicted molar refractivity (Wildman–Crippen MR) is 62.4 cm³/mol. The first kappa shape index (κ1) is 11.1. The average Bonchev–Trinajstić information content (AvgIpc) is 2.77. The Morgan fingerprint density at radius 3 is 2.69 bits per heavy atom. The molecule has 1 aromatic carbocycles. The third-order valence-corrected chi connectivity index (χ3v) is 2.79. The molecule has 1 unspecified atom stereocenters. The second kappa shape index (κ2) is 5.06. The van der Waals surface area contributed by atoms with E-state index in [0.717, 1.165) is 25.7 Å². The summed E-state index contributed by atoms with van der Waals surface area (Å²) >= 11 is 0. The molecule has 0 N–H and O–H groups in total. The van der Waals surface area contributed by atoms with E-state index in [0.29, 0.717) is 0 Å². The molecule has 0 bridgehead atoms. The van der Waals surface area contributed by atoms with Gasteiger partial charge in [0.25, 0.3) is 5.79 Å². The van der Waals surface area contributed by atoms with Gasteiger partial charge in [0.1, 0.15) is 6.26 Å². The van der Waals surface area contributed by atoms with E-state index in [1.54, 1.807) is 0 Å². The molecule has 0 saturated carbocycles. The maximum Gasteiger partial charge on any atom is 0.254 e. The van der Waals surface area contributed by atoms with Gasteiger partial charge in [-0.25, -0.2) is 0 Å². The summed E-state index contributed by atoms with van der Waals surface area (Å²) in [6, 6.07) is 10.3. The molecule has 0 amide bonds. The first-order chi connectivity index (χ1) is 7.85. The van der Waals surface area contributed by atoms with Crippen molar-refractivity contribution in [2.75, 3.05) is 0 Å². The number of unbranched alkanes of at least 4 members (excludes halogenated alkanes) is 1. The molecular formula is C14H17O2. The minimum absolute atomic E-state index is 0.517. The van der Waals surface area contributed by atoms with Crippen LogP contribution in [-0.2, 0) is 15.9 Å². The van der Waals surface area contributed by atoms with Crippen LogP contribution >= 0.6 is 0 Å². The van der Waals surface area contributed by atoms with Gasteiger partial charge in [-0.3, -0.25) is 0 Å². The molecule has 0 aromatic heterocycles. The van der Waals surface area contributed by atoms with Crippen molar-refractivity contribution in [3.05, 3.63) is 48.4 Å². The van der Waals surface area contributed by atoms with Gasteiger partial charge in [-0.1, -0.05) is 43.7 Å². The zero-order chi connectivity index (χ0) is 11.3. The Morgan fingerprint density at radius 2 is 2.06 bits per heavy atom. The summed E-state index contributed by atoms with van der Waals surface area (Å²) < 4.78 is 11.1. The smallest absolute Gasteiger partial charge is 0.254 e. The molecule has 2 heteroatoms. The van der Waals surface area contributed by atoms with Crippen molar-refractivity contribution < 1.29 is 9.47 Å². The number of hydrogen-bond acceptors (Lipinski definition) is 2. The lowest BCUT2D eigenvalue weighted by molar-refractivity contribution is -0.150. The summed E-state index contributed by atoms with van der Waals surface area (Å²) in [5, 5.41) is 0. The fourth-order valence-corrected chi connectivity index (χ4v) is 1.92. The van der Waals surface area contributed by atoms with Crippen molar-refractivity contribution in [3.8, 4) is 0 Å². The number of hydrogen-bond donors (Lipinski definition) is 0. The van der Waals surface area contributed by atoms with E-state index >= 15 is 0 Å². The highest BCUT2D eigenvalue weighted by Crippen LogP contribution is 2.29. The van der Waals surface area contributed by atoms with E-state index in [1.807, 2.05) is 18.2 Å². The first-order valence-corrected chi connectivity index (χ1v) is 5.82. The standard InChI is InChI=1S/C14H17O2/c1-2-3-9-14(15-10-11-16-14)12-13-7-5-4-6-8-13/h4-8,10H,2-3,9,12H2,1H3. The first-order valence-electron chi connectivity index (χ1n) is 5.82. The molecular weight excluding hydrogens is 200 g/mol. The van der Waals surface area contributed by atoms with Gasteiger partial charge in [0, 0.05) is 12.8 Å². The van der Waals surface area contributed by atoms with Crippen molar-refractivity contribution in [3.63, 3.8) is 0 Å². The summed E-state index contributed by atoms with van der Waals surface area (Å²) in [4.78, 5) is 0. The molecule has 1 heterocycles. The Morgan fingerprint density at radius 1 is 1.25 bits per heavy atom. The van der Waals surface area contributed by atoms with Crippen LogP contribution in [0, 0.1) is 6.26 Å². The number of ether oxygens (including phenoxy) is 2. The van der Waals surface area contributed by atoms with E-state index in [1.165, 1.54) is 11.8 Å². The molecule has 1 aromatic rings. The highest BCUT2D eigenvalue weighted by molar-refractivity contribution is 5.16. The SMILES string of the molecule is CCCCC1(Cc2ccccc2)O[C]=CO1. The fraction of sp³-hybridized carbons (Fsp3) is 0.429. The molecule has 0 fully saturated rings. The Hall–Kier alpha value is -1.44. The van der Waals surface area contributed by atoms with E-state index in [2.05, 4.69) is 25.3 Å². The third-order valence-electron chi connectivity index (χ3n) is 2.79. The topological polar surface area (TPSA) is 18.5 Å². The van der Waals surface area contributed by atoms with Gasteiger partial charge in [0.05, 0.1) is 0 Å². The number of benzene rings is 1. The second-order valence-electron chi connectivity index (χ2n) is 4.13. The molecule has 2 rings (SSSR count). The molecule has 0 aliphatic carbocycles. The van der Waals surface area contributed by atoms with Crippen molar-refractivity contribution in [2.24, 2.45) is 0 Å². The molecule has 0 saturated heterocycles. The normalized spacial score (nSPS) is 16.8. The van der Waals surface area contributed by atoms with Crippen LogP contribution in [0.5, 0.6) is 0 Å². The molecule has 1 radical (unpaired) electrons. The highest BCUT2D eigenvalue weighted by Gasteiger charge is 2.35. The van der Waals surface area contributed by atoms with Gasteiger partial charge in [-0.15, -0.1) is 0 Å². The monoisotopic (exact) mass is 217 g/mol. The zero-order valence-electron chi connectivity index (χ0n) is 9.61. The summed E-state index contributed by atoms with van der Waals surface area (Å²) in [5.41, 5.74) is 1.23. The van der Waals surface area contributed by atoms with Crippen LogP contribution in [0.3, 0.4) is 0 Å². The van der Waals surface area contributed by atoms with Crippen LogP contribution in [-0.4, -0.2) is 5.79 Å². The Labute approximate surface area is 96.9 Å². The fourth-order valence-electron chi connectivity index (χ4n) is 1.92. The lowest BCUT2D eigenvalue weighted by atomic mass is 10.00. The average molecular weight is 217 g/mol. The maximum absolute atomic E-state index is 5.59. The largest absolute Gasteiger partial charge is 0.456 e. The maximum atomic E-state index is 5.59. The van der Waals surface area contributed by atoms with Crippen LogP contribution < -0.4 is 0 Å². The van der Waals surface area contributed by atoms with Crippen molar-refractivity contribution in [1.29, 1.82) is 0 Å². The van der Waals surface area contributed by atoms with E-state index in [9.17, 15) is 0 Å². The lowest BCUT2D eigenvalue weighted by Crippen LogP contribution is -2.32. The van der Waals surface area contributed by atoms with Crippen LogP contribution in [0.2, 0.25) is 0 Å². The molecule has 0 spiro atoms.